The molecule has 0 aliphatic carbocycles. The first-order valence-electron chi connectivity index (χ1n) is 5.43. The Bertz CT molecular complexity index is 531. The monoisotopic (exact) mass is 305 g/mol. The number of rotatable bonds is 4. The average Bonchev–Trinajstić information content (AvgIpc) is 2.38. The van der Waals surface area contributed by atoms with Crippen LogP contribution in [0, 0.1) is 0 Å². The summed E-state index contributed by atoms with van der Waals surface area (Å²) in [6.45, 7) is 0.201. The summed E-state index contributed by atoms with van der Waals surface area (Å²) in [7, 11) is 0. The van der Waals surface area contributed by atoms with E-state index in [4.69, 9.17) is 0 Å². The van der Waals surface area contributed by atoms with E-state index >= 15 is 0 Å². The predicted octanol–water partition coefficient (Wildman–Crippen LogP) is 2.89. The number of benzene rings is 1. The number of anilines is 2. The highest BCUT2D eigenvalue weighted by Crippen LogP contribution is 2.13. The minimum atomic E-state index is -0.0961. The molecule has 18 heavy (non-hydrogen) atoms. The van der Waals surface area contributed by atoms with Crippen LogP contribution in [0.1, 0.15) is 0 Å². The molecule has 1 amide bonds. The predicted molar refractivity (Wildman–Crippen MR) is 75.5 cm³/mol. The third-order valence-electron chi connectivity index (χ3n) is 2.22. The smallest absolute Gasteiger partial charge is 0.243 e. The lowest BCUT2D eigenvalue weighted by Crippen LogP contribution is -2.21. The molecular weight excluding hydrogens is 294 g/mol. The topological polar surface area (TPSA) is 54.0 Å². The van der Waals surface area contributed by atoms with Gasteiger partial charge in [0.15, 0.2) is 0 Å². The minimum Gasteiger partial charge on any atom is -0.375 e. The number of amides is 1. The summed E-state index contributed by atoms with van der Waals surface area (Å²) in [5.41, 5.74) is 1.59. The van der Waals surface area contributed by atoms with Gasteiger partial charge in [0.2, 0.25) is 5.91 Å². The number of pyridine rings is 1. The summed E-state index contributed by atoms with van der Waals surface area (Å²) in [5.74, 6) is -0.0961. The van der Waals surface area contributed by atoms with E-state index < -0.39 is 0 Å². The Kier molecular flexibility index (Phi) is 4.30. The van der Waals surface area contributed by atoms with E-state index in [1.54, 1.807) is 12.4 Å². The van der Waals surface area contributed by atoms with Gasteiger partial charge in [-0.25, -0.2) is 0 Å². The number of halogens is 1. The second kappa shape index (κ2) is 6.16. The van der Waals surface area contributed by atoms with Crippen molar-refractivity contribution in [1.29, 1.82) is 0 Å². The third kappa shape index (κ3) is 3.85. The van der Waals surface area contributed by atoms with Crippen molar-refractivity contribution in [2.24, 2.45) is 0 Å². The Balaban J connectivity index is 1.85. The van der Waals surface area contributed by atoms with Crippen LogP contribution in [0.2, 0.25) is 0 Å². The second-order valence-corrected chi connectivity index (χ2v) is 4.58. The van der Waals surface area contributed by atoms with Gasteiger partial charge in [0.25, 0.3) is 0 Å². The molecular formula is C13H12BrN3O. The van der Waals surface area contributed by atoms with Crippen LogP contribution in [0.15, 0.2) is 53.3 Å². The molecule has 0 aliphatic rings. The van der Waals surface area contributed by atoms with Gasteiger partial charge in [-0.1, -0.05) is 18.2 Å². The van der Waals surface area contributed by atoms with Crippen molar-refractivity contribution < 1.29 is 4.79 Å². The molecule has 2 rings (SSSR count). The molecule has 2 aromatic rings. The summed E-state index contributed by atoms with van der Waals surface area (Å²) in [4.78, 5) is 15.7. The molecule has 0 unspecified atom stereocenters. The Labute approximate surface area is 114 Å². The molecule has 1 heterocycles. The molecule has 0 radical (unpaired) electrons. The number of hydrogen-bond acceptors (Lipinski definition) is 3. The lowest BCUT2D eigenvalue weighted by molar-refractivity contribution is -0.114. The lowest BCUT2D eigenvalue weighted by Gasteiger charge is -2.07. The molecule has 1 aromatic heterocycles. The summed E-state index contributed by atoms with van der Waals surface area (Å²) < 4.78 is 0.871. The Morgan fingerprint density at radius 2 is 1.94 bits per heavy atom. The van der Waals surface area contributed by atoms with E-state index in [0.717, 1.165) is 15.8 Å². The van der Waals surface area contributed by atoms with E-state index in [9.17, 15) is 4.79 Å². The van der Waals surface area contributed by atoms with Gasteiger partial charge < -0.3 is 10.6 Å². The fourth-order valence-corrected chi connectivity index (χ4v) is 1.78. The summed E-state index contributed by atoms with van der Waals surface area (Å²) >= 11 is 3.32. The van der Waals surface area contributed by atoms with E-state index in [2.05, 4.69) is 31.5 Å². The van der Waals surface area contributed by atoms with Crippen LogP contribution in [0.25, 0.3) is 0 Å². The van der Waals surface area contributed by atoms with Gasteiger partial charge in [-0.3, -0.25) is 9.78 Å². The number of para-hydroxylation sites is 1. The van der Waals surface area contributed by atoms with Crippen molar-refractivity contribution in [2.45, 2.75) is 0 Å². The maximum atomic E-state index is 11.7. The zero-order chi connectivity index (χ0) is 12.8. The van der Waals surface area contributed by atoms with E-state index in [1.807, 2.05) is 36.4 Å². The Morgan fingerprint density at radius 3 is 2.67 bits per heavy atom. The van der Waals surface area contributed by atoms with Crippen LogP contribution < -0.4 is 10.6 Å². The van der Waals surface area contributed by atoms with Crippen LogP contribution in [0.5, 0.6) is 0 Å². The zero-order valence-corrected chi connectivity index (χ0v) is 11.1. The molecule has 0 saturated heterocycles. The fraction of sp³-hybridized carbons (Fsp3) is 0.0769. The zero-order valence-electron chi connectivity index (χ0n) is 9.56. The van der Waals surface area contributed by atoms with Gasteiger partial charge in [0.1, 0.15) is 0 Å². The number of nitrogens with one attached hydrogen (secondary N) is 2. The molecule has 0 bridgehead atoms. The first-order chi connectivity index (χ1) is 8.74. The van der Waals surface area contributed by atoms with Crippen LogP contribution in [-0.4, -0.2) is 17.4 Å². The van der Waals surface area contributed by atoms with Crippen LogP contribution in [0.4, 0.5) is 11.4 Å². The maximum absolute atomic E-state index is 11.7. The first-order valence-corrected chi connectivity index (χ1v) is 6.22. The SMILES string of the molecule is O=C(CNc1cncc(Br)c1)Nc1ccccc1. The van der Waals surface area contributed by atoms with Gasteiger partial charge in [-0.2, -0.15) is 0 Å². The average molecular weight is 306 g/mol. The van der Waals surface area contributed by atoms with Gasteiger partial charge in [-0.05, 0) is 34.1 Å². The van der Waals surface area contributed by atoms with E-state index in [-0.39, 0.29) is 12.5 Å². The normalized spacial score (nSPS) is 9.83. The Hall–Kier alpha value is -1.88. The molecule has 0 atom stereocenters. The van der Waals surface area contributed by atoms with Crippen molar-refractivity contribution in [1.82, 2.24) is 4.98 Å². The molecule has 0 saturated carbocycles. The highest BCUT2D eigenvalue weighted by molar-refractivity contribution is 9.10. The molecule has 5 heteroatoms. The van der Waals surface area contributed by atoms with E-state index in [1.165, 1.54) is 0 Å². The van der Waals surface area contributed by atoms with Gasteiger partial charge >= 0.3 is 0 Å². The standard InChI is InChI=1S/C13H12BrN3O/c14-10-6-12(8-15-7-10)16-9-13(18)17-11-4-2-1-3-5-11/h1-8,16H,9H2,(H,17,18). The summed E-state index contributed by atoms with van der Waals surface area (Å²) in [5, 5.41) is 5.79. The summed E-state index contributed by atoms with van der Waals surface area (Å²) in [6.07, 6.45) is 3.36. The number of nitrogens with zero attached hydrogens (tertiary/aromatic N) is 1. The fourth-order valence-electron chi connectivity index (χ4n) is 1.42. The first kappa shape index (κ1) is 12.6. The molecule has 0 spiro atoms. The van der Waals surface area contributed by atoms with Crippen molar-refractivity contribution in [3.63, 3.8) is 0 Å². The summed E-state index contributed by atoms with van der Waals surface area (Å²) in [6, 6.07) is 11.2. The van der Waals surface area contributed by atoms with Crippen molar-refractivity contribution in [3.05, 3.63) is 53.3 Å². The largest absolute Gasteiger partial charge is 0.375 e. The molecule has 92 valence electrons. The number of hydrogen-bond donors (Lipinski definition) is 2. The number of aromatic nitrogens is 1. The van der Waals surface area contributed by atoms with Crippen LogP contribution >= 0.6 is 15.9 Å². The quantitative estimate of drug-likeness (QED) is 0.913. The highest BCUT2D eigenvalue weighted by atomic mass is 79.9. The molecule has 2 N–H and O–H groups in total. The number of carbonyl (C=O) groups excluding carboxylic acids is 1. The van der Waals surface area contributed by atoms with Crippen molar-refractivity contribution >= 4 is 33.2 Å². The third-order valence-corrected chi connectivity index (χ3v) is 2.65. The maximum Gasteiger partial charge on any atom is 0.243 e. The van der Waals surface area contributed by atoms with E-state index in [0.29, 0.717) is 0 Å². The van der Waals surface area contributed by atoms with Gasteiger partial charge in [0, 0.05) is 16.4 Å². The lowest BCUT2D eigenvalue weighted by atomic mass is 10.3. The molecule has 4 nitrogen and oxygen atoms in total. The van der Waals surface area contributed by atoms with Crippen LogP contribution in [0.3, 0.4) is 0 Å². The van der Waals surface area contributed by atoms with Crippen molar-refractivity contribution in [3.8, 4) is 0 Å². The second-order valence-electron chi connectivity index (χ2n) is 3.66. The number of carbonyl (C=O) groups is 1. The molecule has 0 aliphatic heterocycles. The van der Waals surface area contributed by atoms with Gasteiger partial charge in [0.05, 0.1) is 18.4 Å². The molecule has 1 aromatic carbocycles. The van der Waals surface area contributed by atoms with Gasteiger partial charge in [-0.15, -0.1) is 0 Å². The highest BCUT2D eigenvalue weighted by Gasteiger charge is 2.02. The molecule has 0 fully saturated rings. The minimum absolute atomic E-state index is 0.0961. The van der Waals surface area contributed by atoms with Crippen LogP contribution in [-0.2, 0) is 4.79 Å². The Morgan fingerprint density at radius 1 is 1.17 bits per heavy atom. The van der Waals surface area contributed by atoms with Crippen molar-refractivity contribution in [2.75, 3.05) is 17.2 Å².